The van der Waals surface area contributed by atoms with Crippen LogP contribution in [0.25, 0.3) is 11.1 Å². The van der Waals surface area contributed by atoms with E-state index >= 15 is 0 Å². The van der Waals surface area contributed by atoms with Gasteiger partial charge in [0.05, 0.1) is 0 Å². The van der Waals surface area contributed by atoms with Crippen molar-refractivity contribution < 1.29 is 5.11 Å². The molecule has 0 aliphatic carbocycles. The molecule has 0 spiro atoms. The van der Waals surface area contributed by atoms with E-state index in [4.69, 9.17) is 5.73 Å². The zero-order valence-electron chi connectivity index (χ0n) is 11.1. The van der Waals surface area contributed by atoms with Crippen LogP contribution in [0.1, 0.15) is 26.3 Å². The molecule has 0 saturated heterocycles. The van der Waals surface area contributed by atoms with Gasteiger partial charge in [-0.05, 0) is 34.7 Å². The van der Waals surface area contributed by atoms with Gasteiger partial charge in [-0.3, -0.25) is 0 Å². The van der Waals surface area contributed by atoms with Gasteiger partial charge in [0.2, 0.25) is 0 Å². The molecule has 0 amide bonds. The molecule has 0 atom stereocenters. The van der Waals surface area contributed by atoms with E-state index in [0.29, 0.717) is 5.69 Å². The van der Waals surface area contributed by atoms with Crippen molar-refractivity contribution >= 4 is 5.69 Å². The third-order valence-electron chi connectivity index (χ3n) is 3.08. The summed E-state index contributed by atoms with van der Waals surface area (Å²) in [6.45, 7) is 6.54. The molecule has 0 fully saturated rings. The van der Waals surface area contributed by atoms with Gasteiger partial charge in [0, 0.05) is 11.3 Å². The number of nitrogens with two attached hydrogens (primary N) is 1. The first kappa shape index (κ1) is 12.5. The van der Waals surface area contributed by atoms with Gasteiger partial charge in [-0.2, -0.15) is 0 Å². The van der Waals surface area contributed by atoms with Crippen molar-refractivity contribution in [2.24, 2.45) is 0 Å². The predicted octanol–water partition coefficient (Wildman–Crippen LogP) is 3.94. The van der Waals surface area contributed by atoms with Crippen molar-refractivity contribution in [3.05, 3.63) is 48.0 Å². The molecule has 3 N–H and O–H groups in total. The monoisotopic (exact) mass is 241 g/mol. The summed E-state index contributed by atoms with van der Waals surface area (Å²) in [5.74, 6) is 0.257. The molecule has 0 unspecified atom stereocenters. The second-order valence-corrected chi connectivity index (χ2v) is 5.60. The minimum Gasteiger partial charge on any atom is -0.507 e. The van der Waals surface area contributed by atoms with Gasteiger partial charge >= 0.3 is 0 Å². The first-order valence-electron chi connectivity index (χ1n) is 6.07. The zero-order valence-corrected chi connectivity index (χ0v) is 11.1. The number of phenols is 1. The van der Waals surface area contributed by atoms with Crippen molar-refractivity contribution in [1.82, 2.24) is 0 Å². The summed E-state index contributed by atoms with van der Waals surface area (Å²) in [5.41, 5.74) is 9.57. The fourth-order valence-electron chi connectivity index (χ4n) is 1.93. The molecule has 2 heteroatoms. The van der Waals surface area contributed by atoms with Crippen LogP contribution in [0.5, 0.6) is 5.75 Å². The summed E-state index contributed by atoms with van der Waals surface area (Å²) in [6.07, 6.45) is 0. The molecule has 0 aliphatic rings. The van der Waals surface area contributed by atoms with Crippen LogP contribution in [0.4, 0.5) is 5.69 Å². The van der Waals surface area contributed by atoms with Gasteiger partial charge in [-0.15, -0.1) is 0 Å². The minimum atomic E-state index is 0.135. The SMILES string of the molecule is CC(C)(C)c1ccc(-c2cc(N)ccc2O)cc1. The average molecular weight is 241 g/mol. The van der Waals surface area contributed by atoms with Gasteiger partial charge in [-0.1, -0.05) is 45.0 Å². The van der Waals surface area contributed by atoms with E-state index in [1.807, 2.05) is 12.1 Å². The van der Waals surface area contributed by atoms with Crippen molar-refractivity contribution in [2.45, 2.75) is 26.2 Å². The van der Waals surface area contributed by atoms with Crippen LogP contribution in [0.15, 0.2) is 42.5 Å². The van der Waals surface area contributed by atoms with Crippen LogP contribution in [0.2, 0.25) is 0 Å². The molecule has 0 saturated carbocycles. The van der Waals surface area contributed by atoms with E-state index in [1.165, 1.54) is 5.56 Å². The summed E-state index contributed by atoms with van der Waals surface area (Å²) in [4.78, 5) is 0. The van der Waals surface area contributed by atoms with Crippen molar-refractivity contribution in [2.75, 3.05) is 5.73 Å². The van der Waals surface area contributed by atoms with Gasteiger partial charge in [0.15, 0.2) is 0 Å². The highest BCUT2D eigenvalue weighted by atomic mass is 16.3. The number of benzene rings is 2. The third kappa shape index (κ3) is 2.48. The Morgan fingerprint density at radius 1 is 0.944 bits per heavy atom. The Morgan fingerprint density at radius 3 is 2.11 bits per heavy atom. The van der Waals surface area contributed by atoms with E-state index in [-0.39, 0.29) is 11.2 Å². The molecule has 0 bridgehead atoms. The highest BCUT2D eigenvalue weighted by Crippen LogP contribution is 2.32. The summed E-state index contributed by atoms with van der Waals surface area (Å²) < 4.78 is 0. The topological polar surface area (TPSA) is 46.2 Å². The average Bonchev–Trinajstić information content (AvgIpc) is 2.31. The van der Waals surface area contributed by atoms with Crippen molar-refractivity contribution in [1.29, 1.82) is 0 Å². The molecule has 0 aromatic heterocycles. The van der Waals surface area contributed by atoms with E-state index in [0.717, 1.165) is 11.1 Å². The lowest BCUT2D eigenvalue weighted by atomic mass is 9.86. The maximum absolute atomic E-state index is 9.86. The van der Waals surface area contributed by atoms with Gasteiger partial charge < -0.3 is 10.8 Å². The van der Waals surface area contributed by atoms with Gasteiger partial charge in [0.1, 0.15) is 5.75 Å². The van der Waals surface area contributed by atoms with Crippen LogP contribution in [0.3, 0.4) is 0 Å². The summed E-state index contributed by atoms with van der Waals surface area (Å²) >= 11 is 0. The number of hydrogen-bond donors (Lipinski definition) is 2. The Bertz CT molecular complexity index is 550. The van der Waals surface area contributed by atoms with E-state index in [9.17, 15) is 5.11 Å². The van der Waals surface area contributed by atoms with Crippen molar-refractivity contribution in [3.8, 4) is 16.9 Å². The lowest BCUT2D eigenvalue weighted by molar-refractivity contribution is 0.477. The largest absolute Gasteiger partial charge is 0.507 e. The molecule has 2 aromatic rings. The summed E-state index contributed by atoms with van der Waals surface area (Å²) in [6, 6.07) is 13.4. The maximum atomic E-state index is 9.86. The predicted molar refractivity (Wildman–Crippen MR) is 76.7 cm³/mol. The van der Waals surface area contributed by atoms with E-state index < -0.39 is 0 Å². The second-order valence-electron chi connectivity index (χ2n) is 5.60. The molecule has 0 heterocycles. The lowest BCUT2D eigenvalue weighted by Crippen LogP contribution is -2.10. The Balaban J connectivity index is 2.43. The highest BCUT2D eigenvalue weighted by Gasteiger charge is 2.13. The number of rotatable bonds is 1. The zero-order chi connectivity index (χ0) is 13.3. The van der Waals surface area contributed by atoms with Crippen LogP contribution in [0, 0.1) is 0 Å². The second kappa shape index (κ2) is 4.37. The van der Waals surface area contributed by atoms with Gasteiger partial charge in [-0.25, -0.2) is 0 Å². The van der Waals surface area contributed by atoms with Crippen LogP contribution in [-0.2, 0) is 5.41 Å². The molecule has 2 rings (SSSR count). The molecule has 0 radical (unpaired) electrons. The number of phenolic OH excluding ortho intramolecular Hbond substituents is 1. The number of hydrogen-bond acceptors (Lipinski definition) is 2. The molecule has 2 nitrogen and oxygen atoms in total. The molecule has 2 aromatic carbocycles. The Kier molecular flexibility index (Phi) is 3.04. The summed E-state index contributed by atoms with van der Waals surface area (Å²) in [7, 11) is 0. The Morgan fingerprint density at radius 2 is 1.56 bits per heavy atom. The summed E-state index contributed by atoms with van der Waals surface area (Å²) in [5, 5.41) is 9.86. The fraction of sp³-hybridized carbons (Fsp3) is 0.250. The number of anilines is 1. The number of aromatic hydroxyl groups is 1. The van der Waals surface area contributed by atoms with E-state index in [1.54, 1.807) is 18.2 Å². The number of nitrogen functional groups attached to an aromatic ring is 1. The van der Waals surface area contributed by atoms with Crippen LogP contribution in [-0.4, -0.2) is 5.11 Å². The Labute approximate surface area is 108 Å². The Hall–Kier alpha value is -1.96. The molecule has 94 valence electrons. The molecular weight excluding hydrogens is 222 g/mol. The van der Waals surface area contributed by atoms with Gasteiger partial charge in [0.25, 0.3) is 0 Å². The fourth-order valence-corrected chi connectivity index (χ4v) is 1.93. The maximum Gasteiger partial charge on any atom is 0.123 e. The highest BCUT2D eigenvalue weighted by molar-refractivity contribution is 5.73. The van der Waals surface area contributed by atoms with E-state index in [2.05, 4.69) is 32.9 Å². The molecule has 18 heavy (non-hydrogen) atoms. The van der Waals surface area contributed by atoms with Crippen LogP contribution < -0.4 is 5.73 Å². The third-order valence-corrected chi connectivity index (χ3v) is 3.08. The molecular formula is C16H19NO. The van der Waals surface area contributed by atoms with Crippen molar-refractivity contribution in [3.63, 3.8) is 0 Å². The lowest BCUT2D eigenvalue weighted by Gasteiger charge is -2.19. The smallest absolute Gasteiger partial charge is 0.123 e. The minimum absolute atomic E-state index is 0.135. The van der Waals surface area contributed by atoms with Crippen LogP contribution >= 0.6 is 0 Å². The molecule has 0 aliphatic heterocycles. The quantitative estimate of drug-likeness (QED) is 0.587. The first-order valence-corrected chi connectivity index (χ1v) is 6.07. The standard InChI is InChI=1S/C16H19NO/c1-16(2,3)12-6-4-11(5-7-12)14-10-13(17)8-9-15(14)18/h4-10,18H,17H2,1-3H3. The first-order chi connectivity index (χ1) is 8.38. The normalized spacial score (nSPS) is 11.5.